The molecule has 0 fully saturated rings. The lowest BCUT2D eigenvalue weighted by Crippen LogP contribution is -2.33. The molecule has 2 aromatic carbocycles. The van der Waals surface area contributed by atoms with Gasteiger partial charge in [-0.2, -0.15) is 0 Å². The molecule has 0 aliphatic rings. The molecule has 1 amide bonds. The average molecular weight is 389 g/mol. The molecule has 0 spiro atoms. The van der Waals surface area contributed by atoms with E-state index in [-0.39, 0.29) is 5.56 Å². The van der Waals surface area contributed by atoms with Crippen LogP contribution in [0.4, 0.5) is 0 Å². The molecule has 0 saturated heterocycles. The van der Waals surface area contributed by atoms with E-state index >= 15 is 0 Å². The Kier molecular flexibility index (Phi) is 4.87. The predicted molar refractivity (Wildman–Crippen MR) is 108 cm³/mol. The Hall–Kier alpha value is -3.87. The zero-order valence-corrected chi connectivity index (χ0v) is 16.0. The van der Waals surface area contributed by atoms with Gasteiger partial charge in [0, 0.05) is 24.8 Å². The highest BCUT2D eigenvalue weighted by molar-refractivity contribution is 5.97. The number of aryl methyl sites for hydroxylation is 1. The van der Waals surface area contributed by atoms with E-state index in [4.69, 9.17) is 9.15 Å². The third kappa shape index (κ3) is 3.62. The summed E-state index contributed by atoms with van der Waals surface area (Å²) in [5.41, 5.74) is 0.455. The molecule has 29 heavy (non-hydrogen) atoms. The maximum atomic E-state index is 13.0. The summed E-state index contributed by atoms with van der Waals surface area (Å²) < 4.78 is 12.4. The zero-order chi connectivity index (χ0) is 20.4. The summed E-state index contributed by atoms with van der Waals surface area (Å²) >= 11 is 0. The highest BCUT2D eigenvalue weighted by Gasteiger charge is 2.24. The number of imidazole rings is 1. The maximum Gasteiger partial charge on any atom is 0.349 e. The molecule has 0 radical (unpaired) electrons. The van der Waals surface area contributed by atoms with Gasteiger partial charge in [0.05, 0.1) is 7.11 Å². The van der Waals surface area contributed by atoms with Crippen molar-refractivity contribution in [2.75, 3.05) is 7.11 Å². The van der Waals surface area contributed by atoms with Gasteiger partial charge in [0.1, 0.15) is 28.8 Å². The van der Waals surface area contributed by atoms with E-state index in [0.29, 0.717) is 22.5 Å². The second kappa shape index (κ2) is 7.63. The van der Waals surface area contributed by atoms with Crippen molar-refractivity contribution in [3.8, 4) is 5.75 Å². The molecule has 0 aliphatic heterocycles. The van der Waals surface area contributed by atoms with Gasteiger partial charge in [0.25, 0.3) is 5.91 Å². The van der Waals surface area contributed by atoms with Gasteiger partial charge < -0.3 is 19.0 Å². The van der Waals surface area contributed by atoms with Crippen LogP contribution < -0.4 is 15.7 Å². The van der Waals surface area contributed by atoms with E-state index in [1.54, 1.807) is 37.7 Å². The van der Waals surface area contributed by atoms with Crippen molar-refractivity contribution in [3.63, 3.8) is 0 Å². The zero-order valence-electron chi connectivity index (χ0n) is 16.0. The van der Waals surface area contributed by atoms with Crippen molar-refractivity contribution in [1.29, 1.82) is 0 Å². The number of rotatable bonds is 5. The summed E-state index contributed by atoms with van der Waals surface area (Å²) in [5, 5.41) is 3.59. The summed E-state index contributed by atoms with van der Waals surface area (Å²) in [6.45, 7) is 0. The van der Waals surface area contributed by atoms with Crippen LogP contribution in [0.5, 0.6) is 5.75 Å². The standard InChI is InChI=1S/C22H19N3O4/c1-25-11-10-23-20(25)19(15-7-5-8-16(12-15)28-2)24-21(26)17-13-14-6-3-4-9-18(14)29-22(17)27/h3-13,19H,1-2H3,(H,24,26). The van der Waals surface area contributed by atoms with Crippen LogP contribution in [0.3, 0.4) is 0 Å². The van der Waals surface area contributed by atoms with Crippen molar-refractivity contribution < 1.29 is 13.9 Å². The van der Waals surface area contributed by atoms with Crippen LogP contribution in [0, 0.1) is 0 Å². The van der Waals surface area contributed by atoms with Crippen molar-refractivity contribution in [2.24, 2.45) is 7.05 Å². The minimum absolute atomic E-state index is 0.0641. The second-order valence-electron chi connectivity index (χ2n) is 6.56. The molecular formula is C22H19N3O4. The number of hydrogen-bond donors (Lipinski definition) is 1. The molecule has 2 heterocycles. The van der Waals surface area contributed by atoms with Gasteiger partial charge in [-0.05, 0) is 29.8 Å². The lowest BCUT2D eigenvalue weighted by Gasteiger charge is -2.19. The Morgan fingerprint density at radius 3 is 2.76 bits per heavy atom. The van der Waals surface area contributed by atoms with E-state index in [1.165, 1.54) is 6.07 Å². The Morgan fingerprint density at radius 1 is 1.17 bits per heavy atom. The number of aromatic nitrogens is 2. The fourth-order valence-corrected chi connectivity index (χ4v) is 3.20. The minimum Gasteiger partial charge on any atom is -0.497 e. The number of ether oxygens (including phenoxy) is 1. The monoisotopic (exact) mass is 389 g/mol. The number of methoxy groups -OCH3 is 1. The lowest BCUT2D eigenvalue weighted by molar-refractivity contribution is 0.0937. The first-order valence-corrected chi connectivity index (χ1v) is 9.02. The summed E-state index contributed by atoms with van der Waals surface area (Å²) in [6.07, 6.45) is 3.44. The summed E-state index contributed by atoms with van der Waals surface area (Å²) in [4.78, 5) is 29.8. The average Bonchev–Trinajstić information content (AvgIpc) is 3.16. The molecule has 4 rings (SSSR count). The van der Waals surface area contributed by atoms with E-state index in [9.17, 15) is 9.59 Å². The van der Waals surface area contributed by atoms with Gasteiger partial charge >= 0.3 is 5.63 Å². The summed E-state index contributed by atoms with van der Waals surface area (Å²) in [6, 6.07) is 15.4. The Bertz CT molecular complexity index is 1240. The molecular weight excluding hydrogens is 370 g/mol. The number of nitrogens with one attached hydrogen (secondary N) is 1. The fourth-order valence-electron chi connectivity index (χ4n) is 3.20. The Morgan fingerprint density at radius 2 is 2.00 bits per heavy atom. The van der Waals surface area contributed by atoms with Crippen LogP contribution in [0.2, 0.25) is 0 Å². The van der Waals surface area contributed by atoms with Crippen LogP contribution in [0.15, 0.2) is 76.2 Å². The number of benzene rings is 2. The largest absolute Gasteiger partial charge is 0.497 e. The molecule has 146 valence electrons. The van der Waals surface area contributed by atoms with Gasteiger partial charge in [-0.25, -0.2) is 9.78 Å². The van der Waals surface area contributed by atoms with E-state index in [1.807, 2.05) is 41.9 Å². The van der Waals surface area contributed by atoms with Crippen molar-refractivity contribution in [3.05, 3.63) is 94.4 Å². The first kappa shape index (κ1) is 18.5. The van der Waals surface area contributed by atoms with Crippen LogP contribution in [0.1, 0.15) is 27.8 Å². The van der Waals surface area contributed by atoms with E-state index < -0.39 is 17.6 Å². The number of nitrogens with zero attached hydrogens (tertiary/aromatic N) is 2. The molecule has 1 N–H and O–H groups in total. The molecule has 1 atom stereocenters. The summed E-state index contributed by atoms with van der Waals surface area (Å²) in [5.74, 6) is 0.735. The molecule has 2 aromatic heterocycles. The Balaban J connectivity index is 1.75. The predicted octanol–water partition coefficient (Wildman–Crippen LogP) is 3.05. The SMILES string of the molecule is COc1cccc(C(NC(=O)c2cc3ccccc3oc2=O)c2nccn2C)c1. The van der Waals surface area contributed by atoms with Crippen LogP contribution in [-0.4, -0.2) is 22.6 Å². The van der Waals surface area contributed by atoms with Crippen LogP contribution in [-0.2, 0) is 7.05 Å². The molecule has 7 nitrogen and oxygen atoms in total. The molecule has 0 saturated carbocycles. The molecule has 7 heteroatoms. The summed E-state index contributed by atoms with van der Waals surface area (Å²) in [7, 11) is 3.42. The molecule has 0 bridgehead atoms. The first-order valence-electron chi connectivity index (χ1n) is 9.02. The van der Waals surface area contributed by atoms with Gasteiger partial charge in [0.2, 0.25) is 0 Å². The normalized spacial score (nSPS) is 11.9. The third-order valence-electron chi connectivity index (χ3n) is 4.71. The first-order chi connectivity index (χ1) is 14.1. The molecule has 4 aromatic rings. The number of amides is 1. The Labute approximate surface area is 166 Å². The van der Waals surface area contributed by atoms with Gasteiger partial charge in [-0.1, -0.05) is 30.3 Å². The lowest BCUT2D eigenvalue weighted by atomic mass is 10.0. The molecule has 1 unspecified atom stereocenters. The quantitative estimate of drug-likeness (QED) is 0.530. The number of fused-ring (bicyclic) bond motifs is 1. The highest BCUT2D eigenvalue weighted by Crippen LogP contribution is 2.24. The topological polar surface area (TPSA) is 86.4 Å². The number of para-hydroxylation sites is 1. The smallest absolute Gasteiger partial charge is 0.349 e. The highest BCUT2D eigenvalue weighted by atomic mass is 16.5. The third-order valence-corrected chi connectivity index (χ3v) is 4.71. The van der Waals surface area contributed by atoms with Crippen molar-refractivity contribution in [1.82, 2.24) is 14.9 Å². The van der Waals surface area contributed by atoms with Gasteiger partial charge in [-0.15, -0.1) is 0 Å². The van der Waals surface area contributed by atoms with Crippen LogP contribution >= 0.6 is 0 Å². The number of hydrogen-bond acceptors (Lipinski definition) is 5. The van der Waals surface area contributed by atoms with Crippen molar-refractivity contribution >= 4 is 16.9 Å². The van der Waals surface area contributed by atoms with Gasteiger partial charge in [-0.3, -0.25) is 4.79 Å². The van der Waals surface area contributed by atoms with E-state index in [2.05, 4.69) is 10.3 Å². The van der Waals surface area contributed by atoms with Gasteiger partial charge in [0.15, 0.2) is 0 Å². The van der Waals surface area contributed by atoms with Crippen molar-refractivity contribution in [2.45, 2.75) is 6.04 Å². The van der Waals surface area contributed by atoms with Crippen LogP contribution in [0.25, 0.3) is 11.0 Å². The van der Waals surface area contributed by atoms with E-state index in [0.717, 1.165) is 5.56 Å². The number of carbonyl (C=O) groups is 1. The second-order valence-corrected chi connectivity index (χ2v) is 6.56. The maximum absolute atomic E-state index is 13.0. The molecule has 0 aliphatic carbocycles. The fraction of sp³-hybridized carbons (Fsp3) is 0.136. The minimum atomic E-state index is -0.689. The number of carbonyl (C=O) groups excluding carboxylic acids is 1.